The Morgan fingerprint density at radius 1 is 1.00 bits per heavy atom. The van der Waals surface area contributed by atoms with Gasteiger partial charge in [0.25, 0.3) is 0 Å². The summed E-state index contributed by atoms with van der Waals surface area (Å²) in [5.74, 6) is 0.880. The number of aromatic nitrogens is 1. The number of thiazole rings is 1. The third-order valence-electron chi connectivity index (χ3n) is 2.66. The average molecular weight is 268 g/mol. The van der Waals surface area contributed by atoms with E-state index in [1.165, 1.54) is 4.70 Å². The first-order valence-corrected chi connectivity index (χ1v) is 6.77. The van der Waals surface area contributed by atoms with E-state index in [0.717, 1.165) is 16.8 Å². The number of hydroxylamine groups is 1. The molecule has 19 heavy (non-hydrogen) atoms. The van der Waals surface area contributed by atoms with Crippen molar-refractivity contribution >= 4 is 27.6 Å². The van der Waals surface area contributed by atoms with Crippen LogP contribution in [0.15, 0.2) is 60.2 Å². The minimum absolute atomic E-state index is 0.880. The fourth-order valence-electron chi connectivity index (χ4n) is 1.74. The summed E-state index contributed by atoms with van der Waals surface area (Å²) in [5, 5.41) is 0. The zero-order valence-corrected chi connectivity index (χ0v) is 10.9. The molecule has 1 aliphatic heterocycles. The molecule has 94 valence electrons. The van der Waals surface area contributed by atoms with E-state index in [4.69, 9.17) is 4.84 Å². The lowest BCUT2D eigenvalue weighted by atomic mass is 10.2. The Morgan fingerprint density at radius 3 is 2.74 bits per heavy atom. The smallest absolute Gasteiger partial charge is 0.162 e. The lowest BCUT2D eigenvalue weighted by Crippen LogP contribution is -2.13. The largest absolute Gasteiger partial charge is 0.382 e. The highest BCUT2D eigenvalue weighted by Gasteiger charge is 2.01. The van der Waals surface area contributed by atoms with Crippen molar-refractivity contribution in [1.82, 2.24) is 10.5 Å². The number of benzene rings is 2. The number of hydrogen-bond acceptors (Lipinski definition) is 4. The van der Waals surface area contributed by atoms with E-state index < -0.39 is 0 Å². The monoisotopic (exact) mass is 268 g/mol. The van der Waals surface area contributed by atoms with E-state index in [1.54, 1.807) is 17.5 Å². The lowest BCUT2D eigenvalue weighted by Gasteiger charge is -2.11. The molecule has 4 rings (SSSR count). The van der Waals surface area contributed by atoms with Gasteiger partial charge in [0.05, 0.1) is 15.7 Å². The molecule has 3 nitrogen and oxygen atoms in total. The molecule has 1 aliphatic rings. The fourth-order valence-corrected chi connectivity index (χ4v) is 2.41. The second-order valence-corrected chi connectivity index (χ2v) is 4.80. The first-order valence-electron chi connectivity index (χ1n) is 5.90. The number of nitrogens with zero attached hydrogens (tertiary/aromatic N) is 1. The van der Waals surface area contributed by atoms with Crippen LogP contribution in [0.4, 0.5) is 0 Å². The van der Waals surface area contributed by atoms with Crippen LogP contribution >= 0.6 is 11.3 Å². The Labute approximate surface area is 115 Å². The SMILES string of the molecule is C1=Cc2ccccc2ON1.c1ccc2scnc2c1. The van der Waals surface area contributed by atoms with E-state index in [2.05, 4.69) is 16.5 Å². The molecule has 0 atom stereocenters. The van der Waals surface area contributed by atoms with Crippen LogP contribution in [0, 0.1) is 0 Å². The van der Waals surface area contributed by atoms with Gasteiger partial charge in [-0.3, -0.25) is 0 Å². The normalized spacial score (nSPS) is 11.8. The molecule has 0 spiro atoms. The minimum atomic E-state index is 0.880. The Morgan fingerprint density at radius 2 is 1.84 bits per heavy atom. The first kappa shape index (κ1) is 11.7. The van der Waals surface area contributed by atoms with Crippen LogP contribution in [0.2, 0.25) is 0 Å². The molecular weight excluding hydrogens is 256 g/mol. The van der Waals surface area contributed by atoms with Gasteiger partial charge in [0.2, 0.25) is 0 Å². The summed E-state index contributed by atoms with van der Waals surface area (Å²) in [7, 11) is 0. The van der Waals surface area contributed by atoms with Gasteiger partial charge in [-0.15, -0.1) is 11.3 Å². The number of para-hydroxylation sites is 2. The van der Waals surface area contributed by atoms with Gasteiger partial charge in [-0.25, -0.2) is 10.5 Å². The minimum Gasteiger partial charge on any atom is -0.382 e. The van der Waals surface area contributed by atoms with Crippen LogP contribution in [0.5, 0.6) is 5.75 Å². The van der Waals surface area contributed by atoms with Crippen LogP contribution in [-0.4, -0.2) is 4.98 Å². The molecular formula is C15H12N2OS. The molecule has 0 saturated heterocycles. The summed E-state index contributed by atoms with van der Waals surface area (Å²) in [6.07, 6.45) is 3.74. The zero-order chi connectivity index (χ0) is 12.9. The lowest BCUT2D eigenvalue weighted by molar-refractivity contribution is 0.239. The Kier molecular flexibility index (Phi) is 3.42. The van der Waals surface area contributed by atoms with Crippen molar-refractivity contribution in [2.24, 2.45) is 0 Å². The maximum atomic E-state index is 5.09. The van der Waals surface area contributed by atoms with Crippen LogP contribution in [0.1, 0.15) is 5.56 Å². The topological polar surface area (TPSA) is 34.1 Å². The molecule has 2 aromatic carbocycles. The van der Waals surface area contributed by atoms with Crippen molar-refractivity contribution < 1.29 is 4.84 Å². The Bertz CT molecular complexity index is 676. The highest BCUT2D eigenvalue weighted by molar-refractivity contribution is 7.16. The van der Waals surface area contributed by atoms with Gasteiger partial charge in [0, 0.05) is 11.8 Å². The predicted octanol–water partition coefficient (Wildman–Crippen LogP) is 3.85. The molecule has 0 aliphatic carbocycles. The Hall–Kier alpha value is -2.33. The number of rotatable bonds is 0. The summed E-state index contributed by atoms with van der Waals surface area (Å²) in [5.41, 5.74) is 6.74. The van der Waals surface area contributed by atoms with Gasteiger partial charge >= 0.3 is 0 Å². The van der Waals surface area contributed by atoms with Crippen molar-refractivity contribution in [2.75, 3.05) is 0 Å². The number of hydrogen-bond donors (Lipinski definition) is 1. The summed E-state index contributed by atoms with van der Waals surface area (Å²) < 4.78 is 1.26. The van der Waals surface area contributed by atoms with E-state index >= 15 is 0 Å². The highest BCUT2D eigenvalue weighted by atomic mass is 32.1. The molecule has 0 bridgehead atoms. The zero-order valence-electron chi connectivity index (χ0n) is 10.1. The van der Waals surface area contributed by atoms with Crippen LogP contribution in [-0.2, 0) is 0 Å². The van der Waals surface area contributed by atoms with Gasteiger partial charge in [-0.1, -0.05) is 30.3 Å². The molecule has 0 saturated carbocycles. The van der Waals surface area contributed by atoms with Gasteiger partial charge < -0.3 is 4.84 Å². The predicted molar refractivity (Wildman–Crippen MR) is 78.9 cm³/mol. The third-order valence-corrected chi connectivity index (χ3v) is 3.47. The average Bonchev–Trinajstić information content (AvgIpc) is 2.96. The van der Waals surface area contributed by atoms with E-state index in [1.807, 2.05) is 54.1 Å². The van der Waals surface area contributed by atoms with E-state index in [9.17, 15) is 0 Å². The second kappa shape index (κ2) is 5.54. The first-order chi connectivity index (χ1) is 9.43. The summed E-state index contributed by atoms with van der Waals surface area (Å²) in [6, 6.07) is 16.0. The molecule has 1 aromatic heterocycles. The van der Waals surface area contributed by atoms with Crippen molar-refractivity contribution in [1.29, 1.82) is 0 Å². The molecule has 0 fully saturated rings. The quantitative estimate of drug-likeness (QED) is 0.672. The van der Waals surface area contributed by atoms with Crippen molar-refractivity contribution in [3.8, 4) is 5.75 Å². The van der Waals surface area contributed by atoms with E-state index in [-0.39, 0.29) is 0 Å². The fraction of sp³-hybridized carbons (Fsp3) is 0. The highest BCUT2D eigenvalue weighted by Crippen LogP contribution is 2.20. The molecule has 0 amide bonds. The van der Waals surface area contributed by atoms with Gasteiger partial charge in [-0.2, -0.15) is 0 Å². The van der Waals surface area contributed by atoms with Gasteiger partial charge in [0.15, 0.2) is 5.75 Å². The molecule has 0 radical (unpaired) electrons. The number of nitrogens with one attached hydrogen (secondary N) is 1. The summed E-state index contributed by atoms with van der Waals surface area (Å²) >= 11 is 1.68. The second-order valence-electron chi connectivity index (χ2n) is 3.91. The molecule has 0 unspecified atom stereocenters. The summed E-state index contributed by atoms with van der Waals surface area (Å²) in [4.78, 5) is 9.22. The maximum Gasteiger partial charge on any atom is 0.162 e. The molecule has 4 heteroatoms. The maximum absolute atomic E-state index is 5.09. The van der Waals surface area contributed by atoms with Crippen molar-refractivity contribution in [3.05, 3.63) is 65.8 Å². The molecule has 2 heterocycles. The standard InChI is InChI=1S/C8H7NO.C7H5NS/c1-2-4-8-7(3-1)5-6-9-10-8;1-2-4-7-6(3-1)8-5-9-7/h1-6,9H;1-5H. The van der Waals surface area contributed by atoms with E-state index in [0.29, 0.717) is 0 Å². The van der Waals surface area contributed by atoms with Crippen molar-refractivity contribution in [2.45, 2.75) is 0 Å². The summed E-state index contributed by atoms with van der Waals surface area (Å²) in [6.45, 7) is 0. The van der Waals surface area contributed by atoms with Gasteiger partial charge in [0.1, 0.15) is 0 Å². The number of fused-ring (bicyclic) bond motifs is 2. The van der Waals surface area contributed by atoms with Crippen LogP contribution < -0.4 is 10.3 Å². The molecule has 1 N–H and O–H groups in total. The van der Waals surface area contributed by atoms with Crippen LogP contribution in [0.25, 0.3) is 16.3 Å². The Balaban J connectivity index is 0.000000117. The van der Waals surface area contributed by atoms with Crippen molar-refractivity contribution in [3.63, 3.8) is 0 Å². The third kappa shape index (κ3) is 2.74. The molecule has 3 aromatic rings. The van der Waals surface area contributed by atoms with Gasteiger partial charge in [-0.05, 0) is 24.3 Å². The van der Waals surface area contributed by atoms with Crippen LogP contribution in [0.3, 0.4) is 0 Å².